The Morgan fingerprint density at radius 1 is 1.16 bits per heavy atom. The Hall–Kier alpha value is -0.120. The van der Waals surface area contributed by atoms with Crippen LogP contribution in [0.25, 0.3) is 0 Å². The zero-order chi connectivity index (χ0) is 13.3. The fourth-order valence-electron chi connectivity index (χ4n) is 4.48. The number of nitrogens with one attached hydrogen (secondary N) is 1. The number of hydrogen-bond acceptors (Lipinski definition) is 3. The van der Waals surface area contributed by atoms with Crippen LogP contribution in [0.15, 0.2) is 0 Å². The maximum Gasteiger partial charge on any atom is 0.0685 e. The van der Waals surface area contributed by atoms with E-state index in [2.05, 4.69) is 24.1 Å². The summed E-state index contributed by atoms with van der Waals surface area (Å²) in [6.07, 6.45) is 7.43. The monoisotopic (exact) mass is 266 g/mol. The molecule has 1 saturated carbocycles. The molecule has 0 aromatic rings. The van der Waals surface area contributed by atoms with Crippen LogP contribution < -0.4 is 5.32 Å². The van der Waals surface area contributed by atoms with E-state index in [9.17, 15) is 0 Å². The van der Waals surface area contributed by atoms with Crippen molar-refractivity contribution in [1.29, 1.82) is 0 Å². The van der Waals surface area contributed by atoms with E-state index in [0.29, 0.717) is 17.6 Å². The lowest BCUT2D eigenvalue weighted by Gasteiger charge is -2.55. The lowest BCUT2D eigenvalue weighted by atomic mass is 9.57. The predicted octanol–water partition coefficient (Wildman–Crippen LogP) is 2.27. The molecular weight excluding hydrogens is 236 g/mol. The van der Waals surface area contributed by atoms with Gasteiger partial charge < -0.3 is 15.0 Å². The van der Waals surface area contributed by atoms with Crippen molar-refractivity contribution in [3.63, 3.8) is 0 Å². The van der Waals surface area contributed by atoms with Gasteiger partial charge in [0.25, 0.3) is 0 Å². The van der Waals surface area contributed by atoms with Crippen LogP contribution in [0.4, 0.5) is 0 Å². The van der Waals surface area contributed by atoms with Crippen LogP contribution in [-0.4, -0.2) is 49.8 Å². The molecule has 19 heavy (non-hydrogen) atoms. The highest BCUT2D eigenvalue weighted by Gasteiger charge is 2.58. The van der Waals surface area contributed by atoms with E-state index in [-0.39, 0.29) is 0 Å². The average Bonchev–Trinajstić information content (AvgIpc) is 2.68. The summed E-state index contributed by atoms with van der Waals surface area (Å²) < 4.78 is 5.86. The zero-order valence-electron chi connectivity index (χ0n) is 12.7. The van der Waals surface area contributed by atoms with E-state index in [0.717, 1.165) is 19.1 Å². The van der Waals surface area contributed by atoms with Crippen LogP contribution in [0.2, 0.25) is 0 Å². The average molecular weight is 266 g/mol. The number of rotatable bonds is 4. The lowest BCUT2D eigenvalue weighted by Crippen LogP contribution is -2.66. The Labute approximate surface area is 118 Å². The smallest absolute Gasteiger partial charge is 0.0685 e. The lowest BCUT2D eigenvalue weighted by molar-refractivity contribution is -0.112. The second-order valence-corrected chi connectivity index (χ2v) is 7.25. The van der Waals surface area contributed by atoms with Gasteiger partial charge in [0.2, 0.25) is 0 Å². The third-order valence-electron chi connectivity index (χ3n) is 5.59. The molecule has 3 aliphatic rings. The largest absolute Gasteiger partial charge is 0.377 e. The summed E-state index contributed by atoms with van der Waals surface area (Å²) in [5.41, 5.74) is 0.333. The number of ether oxygens (including phenoxy) is 1. The van der Waals surface area contributed by atoms with Gasteiger partial charge in [0.05, 0.1) is 6.10 Å². The molecule has 1 N–H and O–H groups in total. The van der Waals surface area contributed by atoms with Crippen LogP contribution >= 0.6 is 0 Å². The fourth-order valence-corrected chi connectivity index (χ4v) is 4.48. The van der Waals surface area contributed by atoms with Crippen molar-refractivity contribution < 1.29 is 4.74 Å². The molecular formula is C16H30N2O. The summed E-state index contributed by atoms with van der Waals surface area (Å²) >= 11 is 0. The SMILES string of the molecule is CC1(C)C(NCCN2CCCCCC2)C2CCOC21. The highest BCUT2D eigenvalue weighted by molar-refractivity contribution is 5.11. The maximum absolute atomic E-state index is 5.86. The van der Waals surface area contributed by atoms with E-state index in [1.807, 2.05) is 0 Å². The van der Waals surface area contributed by atoms with E-state index in [4.69, 9.17) is 4.74 Å². The molecule has 3 heteroatoms. The first kappa shape index (κ1) is 13.8. The first-order valence-corrected chi connectivity index (χ1v) is 8.27. The van der Waals surface area contributed by atoms with Crippen molar-refractivity contribution in [2.45, 2.75) is 58.1 Å². The molecule has 2 aliphatic heterocycles. The van der Waals surface area contributed by atoms with Gasteiger partial charge in [-0.05, 0) is 32.4 Å². The second-order valence-electron chi connectivity index (χ2n) is 7.25. The Balaban J connectivity index is 1.42. The molecule has 0 bridgehead atoms. The highest BCUT2D eigenvalue weighted by Crippen LogP contribution is 2.51. The predicted molar refractivity (Wildman–Crippen MR) is 78.3 cm³/mol. The van der Waals surface area contributed by atoms with E-state index >= 15 is 0 Å². The maximum atomic E-state index is 5.86. The van der Waals surface area contributed by atoms with E-state index in [1.165, 1.54) is 51.7 Å². The first-order valence-electron chi connectivity index (χ1n) is 8.27. The molecule has 3 rings (SSSR count). The molecule has 3 nitrogen and oxygen atoms in total. The Morgan fingerprint density at radius 2 is 1.89 bits per heavy atom. The first-order chi connectivity index (χ1) is 9.19. The molecule has 1 aliphatic carbocycles. The van der Waals surface area contributed by atoms with Gasteiger partial charge in [-0.2, -0.15) is 0 Å². The van der Waals surface area contributed by atoms with Gasteiger partial charge in [-0.15, -0.1) is 0 Å². The van der Waals surface area contributed by atoms with Crippen LogP contribution in [0.1, 0.15) is 46.0 Å². The zero-order valence-corrected chi connectivity index (χ0v) is 12.7. The van der Waals surface area contributed by atoms with Crippen LogP contribution in [0.3, 0.4) is 0 Å². The number of fused-ring (bicyclic) bond motifs is 1. The minimum absolute atomic E-state index is 0.333. The molecule has 0 aromatic carbocycles. The van der Waals surface area contributed by atoms with E-state index in [1.54, 1.807) is 0 Å². The molecule has 2 heterocycles. The number of hydrogen-bond donors (Lipinski definition) is 1. The van der Waals surface area contributed by atoms with Crippen molar-refractivity contribution in [2.75, 3.05) is 32.8 Å². The summed E-state index contributed by atoms with van der Waals surface area (Å²) in [5, 5.41) is 3.83. The van der Waals surface area contributed by atoms with Crippen molar-refractivity contribution in [1.82, 2.24) is 10.2 Å². The van der Waals surface area contributed by atoms with Crippen LogP contribution in [0.5, 0.6) is 0 Å². The summed E-state index contributed by atoms with van der Waals surface area (Å²) in [7, 11) is 0. The fraction of sp³-hybridized carbons (Fsp3) is 1.00. The van der Waals surface area contributed by atoms with Crippen molar-refractivity contribution in [2.24, 2.45) is 11.3 Å². The van der Waals surface area contributed by atoms with Gasteiger partial charge in [0, 0.05) is 37.1 Å². The van der Waals surface area contributed by atoms with Gasteiger partial charge in [-0.1, -0.05) is 26.7 Å². The Bertz CT molecular complexity index is 297. The quantitative estimate of drug-likeness (QED) is 0.845. The number of nitrogens with zero attached hydrogens (tertiary/aromatic N) is 1. The summed E-state index contributed by atoms with van der Waals surface area (Å²) in [6.45, 7) is 10.7. The third-order valence-corrected chi connectivity index (χ3v) is 5.59. The summed E-state index contributed by atoms with van der Waals surface area (Å²) in [5.74, 6) is 0.777. The van der Waals surface area contributed by atoms with Gasteiger partial charge >= 0.3 is 0 Å². The summed E-state index contributed by atoms with van der Waals surface area (Å²) in [6, 6.07) is 0.673. The van der Waals surface area contributed by atoms with E-state index < -0.39 is 0 Å². The van der Waals surface area contributed by atoms with Gasteiger partial charge in [0.15, 0.2) is 0 Å². The van der Waals surface area contributed by atoms with Crippen LogP contribution in [0, 0.1) is 11.3 Å². The van der Waals surface area contributed by atoms with Crippen molar-refractivity contribution in [3.8, 4) is 0 Å². The molecule has 2 saturated heterocycles. The third kappa shape index (κ3) is 2.70. The number of likely N-dealkylation sites (tertiary alicyclic amines) is 1. The van der Waals surface area contributed by atoms with Gasteiger partial charge in [-0.25, -0.2) is 0 Å². The molecule has 3 atom stereocenters. The Morgan fingerprint density at radius 3 is 2.63 bits per heavy atom. The molecule has 3 fully saturated rings. The van der Waals surface area contributed by atoms with Gasteiger partial charge in [-0.3, -0.25) is 0 Å². The highest BCUT2D eigenvalue weighted by atomic mass is 16.5. The molecule has 0 amide bonds. The second kappa shape index (κ2) is 5.71. The molecule has 0 radical (unpaired) electrons. The minimum atomic E-state index is 0.333. The van der Waals surface area contributed by atoms with Crippen molar-refractivity contribution >= 4 is 0 Å². The molecule has 0 aromatic heterocycles. The van der Waals surface area contributed by atoms with Crippen molar-refractivity contribution in [3.05, 3.63) is 0 Å². The summed E-state index contributed by atoms with van der Waals surface area (Å²) in [4.78, 5) is 2.65. The topological polar surface area (TPSA) is 24.5 Å². The minimum Gasteiger partial charge on any atom is -0.377 e. The molecule has 0 spiro atoms. The standard InChI is InChI=1S/C16H30N2O/c1-16(2)14(13-7-12-19-15(13)16)17-8-11-18-9-5-3-4-6-10-18/h13-15,17H,3-12H2,1-2H3. The normalized spacial score (nSPS) is 38.5. The molecule has 3 unspecified atom stereocenters. The van der Waals surface area contributed by atoms with Crippen LogP contribution in [-0.2, 0) is 4.74 Å². The van der Waals surface area contributed by atoms with Gasteiger partial charge in [0.1, 0.15) is 0 Å². The Kier molecular flexibility index (Phi) is 4.16. The molecule has 110 valence electrons.